The second-order valence-electron chi connectivity index (χ2n) is 2.91. The molecule has 0 unspecified atom stereocenters. The number of carbonyl (C=O) groups excluding carboxylic acids is 1. The molecule has 0 saturated carbocycles. The molecule has 1 aromatic heterocycles. The van der Waals surface area contributed by atoms with Gasteiger partial charge in [-0.2, -0.15) is 0 Å². The molecule has 1 radical (unpaired) electrons. The van der Waals surface area contributed by atoms with Gasteiger partial charge in [-0.1, -0.05) is 25.0 Å². The summed E-state index contributed by atoms with van der Waals surface area (Å²) in [5.74, 6) is -0.0336. The zero-order valence-electron chi connectivity index (χ0n) is 7.78. The summed E-state index contributed by atoms with van der Waals surface area (Å²) in [6, 6.07) is 9.90. The maximum Gasteiger partial charge on any atom is 0.249 e. The number of hydrogen-bond acceptors (Lipinski definition) is 2. The minimum atomic E-state index is -0.0336. The third kappa shape index (κ3) is 1.66. The van der Waals surface area contributed by atoms with E-state index in [9.17, 15) is 4.79 Å². The maximum atomic E-state index is 11.5. The van der Waals surface area contributed by atoms with Crippen LogP contribution in [0.25, 0.3) is 10.1 Å². The molecule has 14 heavy (non-hydrogen) atoms. The smallest absolute Gasteiger partial charge is 0.249 e. The van der Waals surface area contributed by atoms with Crippen molar-refractivity contribution in [1.82, 2.24) is 5.23 Å². The monoisotopic (exact) mass is 202 g/mol. The number of thiophene rings is 1. The Balaban J connectivity index is 2.40. The number of benzene rings is 1. The Morgan fingerprint density at radius 1 is 1.43 bits per heavy atom. The molecule has 0 aliphatic rings. The highest BCUT2D eigenvalue weighted by Gasteiger charge is 2.07. The van der Waals surface area contributed by atoms with E-state index in [0.717, 1.165) is 15.0 Å². The van der Waals surface area contributed by atoms with E-state index in [0.29, 0.717) is 0 Å². The molecule has 2 aromatic rings. The van der Waals surface area contributed by atoms with Crippen molar-refractivity contribution < 1.29 is 4.79 Å². The molecule has 2 rings (SSSR count). The fourth-order valence-corrected chi connectivity index (χ4v) is 2.26. The lowest BCUT2D eigenvalue weighted by Crippen LogP contribution is -2.24. The first-order valence-corrected chi connectivity index (χ1v) is 5.20. The summed E-state index contributed by atoms with van der Waals surface area (Å²) in [5.41, 5.74) is 0. The van der Waals surface area contributed by atoms with Gasteiger partial charge in [0.05, 0.1) is 4.88 Å². The highest BCUT2D eigenvalue weighted by molar-refractivity contribution is 7.20. The van der Waals surface area contributed by atoms with E-state index in [2.05, 4.69) is 5.23 Å². The van der Waals surface area contributed by atoms with Gasteiger partial charge < -0.3 is 5.23 Å². The van der Waals surface area contributed by atoms with Gasteiger partial charge in [0.15, 0.2) is 0 Å². The number of amides is 1. The fraction of sp³-hybridized carbons (Fsp3) is 0.100. The lowest BCUT2D eigenvalue weighted by molar-refractivity contribution is 0.0984. The van der Waals surface area contributed by atoms with Crippen LogP contribution in [0.2, 0.25) is 6.82 Å². The summed E-state index contributed by atoms with van der Waals surface area (Å²) in [6.07, 6.45) is 0. The zero-order valence-corrected chi connectivity index (χ0v) is 8.60. The van der Waals surface area contributed by atoms with Gasteiger partial charge >= 0.3 is 0 Å². The minimum absolute atomic E-state index is 0.0336. The molecular weight excluding hydrogens is 193 g/mol. The summed E-state index contributed by atoms with van der Waals surface area (Å²) in [4.78, 5) is 12.2. The van der Waals surface area contributed by atoms with Crippen molar-refractivity contribution in [1.29, 1.82) is 0 Å². The van der Waals surface area contributed by atoms with Crippen LogP contribution in [0.5, 0.6) is 0 Å². The van der Waals surface area contributed by atoms with E-state index in [4.69, 9.17) is 0 Å². The number of carbonyl (C=O) groups is 1. The maximum absolute atomic E-state index is 11.5. The van der Waals surface area contributed by atoms with Crippen LogP contribution in [0.3, 0.4) is 0 Å². The predicted molar refractivity (Wildman–Crippen MR) is 60.9 cm³/mol. The van der Waals surface area contributed by atoms with E-state index in [1.54, 1.807) is 14.2 Å². The molecule has 0 aliphatic carbocycles. The van der Waals surface area contributed by atoms with Gasteiger partial charge in [-0.05, 0) is 17.5 Å². The number of hydrogen-bond donors (Lipinski definition) is 1. The standard InChI is InChI=1S/C10H9BNOS/c1-11-12-10(13)9-6-7-4-2-3-5-8(7)14-9/h2-6H,1H3,(H,12,13). The van der Waals surface area contributed by atoms with Gasteiger partial charge in [0.2, 0.25) is 13.3 Å². The normalized spacial score (nSPS) is 10.1. The Hall–Kier alpha value is -1.29. The van der Waals surface area contributed by atoms with Crippen molar-refractivity contribution >= 4 is 34.7 Å². The highest BCUT2D eigenvalue weighted by Crippen LogP contribution is 2.24. The minimum Gasteiger partial charge on any atom is -0.399 e. The Bertz CT molecular complexity index is 433. The molecule has 0 bridgehead atoms. The first kappa shape index (κ1) is 9.28. The molecule has 1 heterocycles. The van der Waals surface area contributed by atoms with Crippen LogP contribution in [-0.4, -0.2) is 13.3 Å². The Morgan fingerprint density at radius 2 is 2.21 bits per heavy atom. The summed E-state index contributed by atoms with van der Waals surface area (Å²) in [6.45, 7) is 1.80. The molecule has 1 aromatic carbocycles. The summed E-state index contributed by atoms with van der Waals surface area (Å²) in [7, 11) is 1.65. The molecule has 0 saturated heterocycles. The van der Waals surface area contributed by atoms with Crippen LogP contribution in [-0.2, 0) is 0 Å². The zero-order chi connectivity index (χ0) is 9.97. The van der Waals surface area contributed by atoms with Crippen molar-refractivity contribution in [3.05, 3.63) is 35.2 Å². The Labute approximate surface area is 87.2 Å². The van der Waals surface area contributed by atoms with Gasteiger partial charge in [0, 0.05) is 4.70 Å². The van der Waals surface area contributed by atoms with Crippen LogP contribution in [0.15, 0.2) is 30.3 Å². The number of fused-ring (bicyclic) bond motifs is 1. The van der Waals surface area contributed by atoms with Crippen molar-refractivity contribution in [3.63, 3.8) is 0 Å². The van der Waals surface area contributed by atoms with Gasteiger partial charge in [-0.25, -0.2) is 0 Å². The average Bonchev–Trinajstić information content (AvgIpc) is 2.61. The molecule has 0 atom stereocenters. The van der Waals surface area contributed by atoms with E-state index < -0.39 is 0 Å². The summed E-state index contributed by atoms with van der Waals surface area (Å²) < 4.78 is 1.15. The van der Waals surface area contributed by atoms with Gasteiger partial charge in [0.1, 0.15) is 0 Å². The van der Waals surface area contributed by atoms with E-state index >= 15 is 0 Å². The van der Waals surface area contributed by atoms with E-state index in [1.165, 1.54) is 11.3 Å². The molecular formula is C10H9BNOS. The van der Waals surface area contributed by atoms with Crippen molar-refractivity contribution in [3.8, 4) is 0 Å². The first-order chi connectivity index (χ1) is 6.81. The van der Waals surface area contributed by atoms with Crippen LogP contribution < -0.4 is 5.23 Å². The van der Waals surface area contributed by atoms with Crippen LogP contribution in [0.1, 0.15) is 9.67 Å². The predicted octanol–water partition coefficient (Wildman–Crippen LogP) is 2.30. The van der Waals surface area contributed by atoms with Gasteiger partial charge in [-0.3, -0.25) is 4.79 Å². The fourth-order valence-electron chi connectivity index (χ4n) is 1.30. The molecule has 69 valence electrons. The molecule has 0 spiro atoms. The molecule has 4 heteroatoms. The number of rotatable bonds is 2. The van der Waals surface area contributed by atoms with Crippen molar-refractivity contribution in [2.45, 2.75) is 6.82 Å². The van der Waals surface area contributed by atoms with Crippen LogP contribution in [0, 0.1) is 0 Å². The van der Waals surface area contributed by atoms with Crippen molar-refractivity contribution in [2.75, 3.05) is 0 Å². The first-order valence-electron chi connectivity index (χ1n) is 4.38. The third-order valence-corrected chi connectivity index (χ3v) is 3.04. The van der Waals surface area contributed by atoms with Crippen LogP contribution >= 0.6 is 11.3 Å². The summed E-state index contributed by atoms with van der Waals surface area (Å²) in [5, 5.41) is 3.79. The molecule has 0 aliphatic heterocycles. The van der Waals surface area contributed by atoms with Crippen molar-refractivity contribution in [2.24, 2.45) is 0 Å². The third-order valence-electron chi connectivity index (χ3n) is 1.92. The largest absolute Gasteiger partial charge is 0.399 e. The summed E-state index contributed by atoms with van der Waals surface area (Å²) >= 11 is 1.51. The van der Waals surface area contributed by atoms with Gasteiger partial charge in [0.25, 0.3) is 0 Å². The van der Waals surface area contributed by atoms with E-state index in [1.807, 2.05) is 30.3 Å². The number of nitrogens with one attached hydrogen (secondary N) is 1. The molecule has 2 nitrogen and oxygen atoms in total. The van der Waals surface area contributed by atoms with Gasteiger partial charge in [-0.15, -0.1) is 11.3 Å². The molecule has 1 N–H and O–H groups in total. The molecule has 1 amide bonds. The topological polar surface area (TPSA) is 29.1 Å². The second-order valence-corrected chi connectivity index (χ2v) is 3.99. The quantitative estimate of drug-likeness (QED) is 0.743. The lowest BCUT2D eigenvalue weighted by atomic mass is 10.0. The SMILES string of the molecule is C[B]NC(=O)c1cc2ccccc2s1. The van der Waals surface area contributed by atoms with Crippen LogP contribution in [0.4, 0.5) is 0 Å². The Kier molecular flexibility index (Phi) is 2.54. The second kappa shape index (κ2) is 3.84. The highest BCUT2D eigenvalue weighted by atomic mass is 32.1. The van der Waals surface area contributed by atoms with E-state index in [-0.39, 0.29) is 5.91 Å². The Morgan fingerprint density at radius 3 is 2.93 bits per heavy atom. The average molecular weight is 202 g/mol. The molecule has 0 fully saturated rings. The lowest BCUT2D eigenvalue weighted by Gasteiger charge is -1.95.